The molecular formula is C26H25N3O3. The number of carbonyl (C=O) groups is 3. The number of nitrogens with zero attached hydrogens (tertiary/aromatic N) is 2. The molecule has 1 aliphatic rings. The molecule has 0 radical (unpaired) electrons. The summed E-state index contributed by atoms with van der Waals surface area (Å²) in [5, 5.41) is 2.86. The van der Waals surface area contributed by atoms with E-state index >= 15 is 0 Å². The monoisotopic (exact) mass is 427 g/mol. The highest BCUT2D eigenvalue weighted by molar-refractivity contribution is 6.34. The van der Waals surface area contributed by atoms with Crippen LogP contribution in [0.5, 0.6) is 0 Å². The molecule has 0 aromatic heterocycles. The number of anilines is 2. The van der Waals surface area contributed by atoms with E-state index in [0.29, 0.717) is 28.1 Å². The van der Waals surface area contributed by atoms with Crippen molar-refractivity contribution in [1.29, 1.82) is 0 Å². The molecular weight excluding hydrogens is 402 g/mol. The van der Waals surface area contributed by atoms with E-state index in [9.17, 15) is 14.4 Å². The number of benzene rings is 3. The number of carbonyl (C=O) groups excluding carboxylic acids is 3. The standard InChI is InChI=1S/C26H25N3O3/c1-3-28(4-2)17-18-12-14-19(15-13-18)24(30)27-20-8-7-9-21(16-20)29-25(31)22-10-5-6-11-23(22)26(29)32/h5-16H,3-4,17H2,1-2H3,(H,27,30). The molecule has 0 saturated carbocycles. The minimum absolute atomic E-state index is 0.251. The van der Waals surface area contributed by atoms with Gasteiger partial charge in [0.05, 0.1) is 16.8 Å². The van der Waals surface area contributed by atoms with E-state index in [4.69, 9.17) is 0 Å². The van der Waals surface area contributed by atoms with Crippen LogP contribution in [-0.4, -0.2) is 35.7 Å². The fourth-order valence-electron chi connectivity index (χ4n) is 3.82. The van der Waals surface area contributed by atoms with Crippen molar-refractivity contribution in [2.45, 2.75) is 20.4 Å². The largest absolute Gasteiger partial charge is 0.322 e. The van der Waals surface area contributed by atoms with Crippen LogP contribution >= 0.6 is 0 Å². The molecule has 0 bridgehead atoms. The van der Waals surface area contributed by atoms with Gasteiger partial charge in [0.15, 0.2) is 0 Å². The van der Waals surface area contributed by atoms with Crippen LogP contribution in [0.25, 0.3) is 0 Å². The van der Waals surface area contributed by atoms with Crippen LogP contribution in [0.4, 0.5) is 11.4 Å². The minimum Gasteiger partial charge on any atom is -0.322 e. The second-order valence-electron chi connectivity index (χ2n) is 7.65. The van der Waals surface area contributed by atoms with Gasteiger partial charge in [0, 0.05) is 17.8 Å². The summed E-state index contributed by atoms with van der Waals surface area (Å²) in [6.07, 6.45) is 0. The van der Waals surface area contributed by atoms with Gasteiger partial charge in [-0.15, -0.1) is 0 Å². The van der Waals surface area contributed by atoms with Gasteiger partial charge in [-0.2, -0.15) is 0 Å². The van der Waals surface area contributed by atoms with Crippen LogP contribution in [0.3, 0.4) is 0 Å². The van der Waals surface area contributed by atoms with Crippen LogP contribution in [0.1, 0.15) is 50.5 Å². The van der Waals surface area contributed by atoms with Crippen molar-refractivity contribution < 1.29 is 14.4 Å². The molecule has 3 aromatic carbocycles. The molecule has 1 aliphatic heterocycles. The maximum Gasteiger partial charge on any atom is 0.266 e. The molecule has 32 heavy (non-hydrogen) atoms. The average Bonchev–Trinajstić information content (AvgIpc) is 3.08. The third kappa shape index (κ3) is 4.18. The zero-order valence-electron chi connectivity index (χ0n) is 18.2. The molecule has 1 heterocycles. The van der Waals surface area contributed by atoms with Crippen molar-refractivity contribution in [2.24, 2.45) is 0 Å². The van der Waals surface area contributed by atoms with E-state index in [1.54, 1.807) is 48.5 Å². The number of nitrogens with one attached hydrogen (secondary N) is 1. The van der Waals surface area contributed by atoms with Crippen molar-refractivity contribution in [3.05, 3.63) is 95.1 Å². The lowest BCUT2D eigenvalue weighted by Crippen LogP contribution is -2.29. The first-order valence-electron chi connectivity index (χ1n) is 10.7. The number of rotatable bonds is 7. The average molecular weight is 428 g/mol. The first-order chi connectivity index (χ1) is 15.5. The molecule has 0 saturated heterocycles. The van der Waals surface area contributed by atoms with E-state index in [1.807, 2.05) is 24.3 Å². The summed E-state index contributed by atoms with van der Waals surface area (Å²) in [7, 11) is 0. The quantitative estimate of drug-likeness (QED) is 0.561. The summed E-state index contributed by atoms with van der Waals surface area (Å²) in [5.41, 5.74) is 3.39. The molecule has 6 nitrogen and oxygen atoms in total. The highest BCUT2D eigenvalue weighted by Crippen LogP contribution is 2.29. The lowest BCUT2D eigenvalue weighted by molar-refractivity contribution is 0.0925. The van der Waals surface area contributed by atoms with Gasteiger partial charge in [0.25, 0.3) is 17.7 Å². The Hall–Kier alpha value is -3.77. The molecule has 3 aromatic rings. The summed E-state index contributed by atoms with van der Waals surface area (Å²) < 4.78 is 0. The summed E-state index contributed by atoms with van der Waals surface area (Å²) >= 11 is 0. The smallest absolute Gasteiger partial charge is 0.266 e. The van der Waals surface area contributed by atoms with Crippen LogP contribution < -0.4 is 10.2 Å². The van der Waals surface area contributed by atoms with Crippen molar-refractivity contribution in [1.82, 2.24) is 4.90 Å². The Morgan fingerprint density at radius 1 is 0.844 bits per heavy atom. The molecule has 1 N–H and O–H groups in total. The molecule has 0 unspecified atom stereocenters. The fraction of sp³-hybridized carbons (Fsp3) is 0.192. The van der Waals surface area contributed by atoms with Crippen LogP contribution in [0.15, 0.2) is 72.8 Å². The lowest BCUT2D eigenvalue weighted by Gasteiger charge is -2.18. The van der Waals surface area contributed by atoms with E-state index in [2.05, 4.69) is 24.1 Å². The lowest BCUT2D eigenvalue weighted by atomic mass is 10.1. The third-order valence-corrected chi connectivity index (χ3v) is 5.67. The van der Waals surface area contributed by atoms with E-state index in [-0.39, 0.29) is 17.7 Å². The predicted octanol–water partition coefficient (Wildman–Crippen LogP) is 4.58. The van der Waals surface area contributed by atoms with Gasteiger partial charge in [0.2, 0.25) is 0 Å². The summed E-state index contributed by atoms with van der Waals surface area (Å²) in [6, 6.07) is 21.0. The molecule has 6 heteroatoms. The molecule has 0 aliphatic carbocycles. The van der Waals surface area contributed by atoms with Gasteiger partial charge in [-0.3, -0.25) is 19.3 Å². The normalized spacial score (nSPS) is 12.9. The fourth-order valence-corrected chi connectivity index (χ4v) is 3.82. The van der Waals surface area contributed by atoms with Crippen LogP contribution in [0, 0.1) is 0 Å². The molecule has 4 rings (SSSR count). The summed E-state index contributed by atoms with van der Waals surface area (Å²) in [5.74, 6) is -0.977. The van der Waals surface area contributed by atoms with Gasteiger partial charge in [-0.25, -0.2) is 4.90 Å². The van der Waals surface area contributed by atoms with Crippen molar-refractivity contribution in [3.63, 3.8) is 0 Å². The number of hydrogen-bond acceptors (Lipinski definition) is 4. The maximum absolute atomic E-state index is 12.7. The zero-order chi connectivity index (χ0) is 22.7. The SMILES string of the molecule is CCN(CC)Cc1ccc(C(=O)Nc2cccc(N3C(=O)c4ccccc4C3=O)c2)cc1. The second kappa shape index (κ2) is 9.16. The topological polar surface area (TPSA) is 69.7 Å². The maximum atomic E-state index is 12.7. The van der Waals surface area contributed by atoms with Gasteiger partial charge < -0.3 is 5.32 Å². The molecule has 0 fully saturated rings. The predicted molar refractivity (Wildman–Crippen MR) is 125 cm³/mol. The zero-order valence-corrected chi connectivity index (χ0v) is 18.2. The van der Waals surface area contributed by atoms with Gasteiger partial charge >= 0.3 is 0 Å². The Balaban J connectivity index is 1.48. The number of fused-ring (bicyclic) bond motifs is 1. The highest BCUT2D eigenvalue weighted by atomic mass is 16.2. The first-order valence-corrected chi connectivity index (χ1v) is 10.7. The third-order valence-electron chi connectivity index (χ3n) is 5.67. The molecule has 0 atom stereocenters. The van der Waals surface area contributed by atoms with E-state index in [1.165, 1.54) is 0 Å². The second-order valence-corrected chi connectivity index (χ2v) is 7.65. The molecule has 162 valence electrons. The number of hydrogen-bond donors (Lipinski definition) is 1. The summed E-state index contributed by atoms with van der Waals surface area (Å²) in [6.45, 7) is 7.05. The number of amides is 3. The van der Waals surface area contributed by atoms with Crippen molar-refractivity contribution in [2.75, 3.05) is 23.3 Å². The van der Waals surface area contributed by atoms with Gasteiger partial charge in [-0.05, 0) is 61.1 Å². The summed E-state index contributed by atoms with van der Waals surface area (Å²) in [4.78, 5) is 41.6. The van der Waals surface area contributed by atoms with Gasteiger partial charge in [0.1, 0.15) is 0 Å². The highest BCUT2D eigenvalue weighted by Gasteiger charge is 2.36. The van der Waals surface area contributed by atoms with Crippen LogP contribution in [-0.2, 0) is 6.54 Å². The molecule has 3 amide bonds. The number of imide groups is 1. The van der Waals surface area contributed by atoms with E-state index in [0.717, 1.165) is 30.1 Å². The Kier molecular flexibility index (Phi) is 6.14. The van der Waals surface area contributed by atoms with Crippen LogP contribution in [0.2, 0.25) is 0 Å². The Labute approximate surface area is 187 Å². The minimum atomic E-state index is -0.363. The van der Waals surface area contributed by atoms with E-state index < -0.39 is 0 Å². The van der Waals surface area contributed by atoms with Gasteiger partial charge in [-0.1, -0.05) is 44.2 Å². The van der Waals surface area contributed by atoms with Crippen molar-refractivity contribution >= 4 is 29.1 Å². The van der Waals surface area contributed by atoms with Crippen molar-refractivity contribution in [3.8, 4) is 0 Å². The Morgan fingerprint density at radius 2 is 1.47 bits per heavy atom. The molecule has 0 spiro atoms. The Morgan fingerprint density at radius 3 is 2.06 bits per heavy atom. The first kappa shape index (κ1) is 21.5. The Bertz CT molecular complexity index is 1130.